The van der Waals surface area contributed by atoms with Crippen LogP contribution in [0.1, 0.15) is 16.8 Å². The lowest BCUT2D eigenvalue weighted by Crippen LogP contribution is -2.40. The smallest absolute Gasteiger partial charge is 0.326 e. The summed E-state index contributed by atoms with van der Waals surface area (Å²) in [5, 5.41) is 9.55. The number of nitrogen functional groups attached to an aromatic ring is 1. The molecule has 0 radical (unpaired) electrons. The molecule has 2 unspecified atom stereocenters. The molecule has 108 valence electrons. The molecule has 1 amide bonds. The lowest BCUT2D eigenvalue weighted by molar-refractivity contribution is -0.141. The number of aliphatic carboxylic acids is 1. The van der Waals surface area contributed by atoms with Gasteiger partial charge in [0.05, 0.1) is 16.8 Å². The Morgan fingerprint density at radius 3 is 2.75 bits per heavy atom. The molecular formula is C13H15ClN2O4. The number of benzene rings is 1. The third-order valence-electron chi connectivity index (χ3n) is 3.38. The number of methoxy groups -OCH3 is 1. The first kappa shape index (κ1) is 14.6. The molecule has 0 saturated carbocycles. The molecule has 0 aromatic heterocycles. The van der Waals surface area contributed by atoms with E-state index in [0.717, 1.165) is 0 Å². The molecule has 2 atom stereocenters. The highest BCUT2D eigenvalue weighted by Gasteiger charge is 2.40. The molecule has 1 aromatic carbocycles. The van der Waals surface area contributed by atoms with Gasteiger partial charge in [-0.3, -0.25) is 4.79 Å². The van der Waals surface area contributed by atoms with Crippen molar-refractivity contribution in [3.05, 3.63) is 28.8 Å². The SMILES string of the molecule is COC1CC(C(=O)O)N(C(=O)c2ccc(Cl)c(N)c2)C1. The first-order valence-corrected chi connectivity index (χ1v) is 6.43. The third kappa shape index (κ3) is 2.71. The van der Waals surface area contributed by atoms with Gasteiger partial charge in [-0.05, 0) is 18.2 Å². The van der Waals surface area contributed by atoms with Crippen molar-refractivity contribution in [2.75, 3.05) is 19.4 Å². The summed E-state index contributed by atoms with van der Waals surface area (Å²) in [4.78, 5) is 24.9. The van der Waals surface area contributed by atoms with Crippen molar-refractivity contribution in [3.63, 3.8) is 0 Å². The molecule has 0 aliphatic carbocycles. The van der Waals surface area contributed by atoms with Crippen LogP contribution < -0.4 is 5.73 Å². The Morgan fingerprint density at radius 2 is 2.20 bits per heavy atom. The van der Waals surface area contributed by atoms with Gasteiger partial charge in [0.15, 0.2) is 0 Å². The van der Waals surface area contributed by atoms with Crippen molar-refractivity contribution in [2.45, 2.75) is 18.6 Å². The number of carboxylic acids is 1. The lowest BCUT2D eigenvalue weighted by atomic mass is 10.1. The fourth-order valence-corrected chi connectivity index (χ4v) is 2.39. The number of hydrogen-bond acceptors (Lipinski definition) is 4. The van der Waals surface area contributed by atoms with E-state index in [1.54, 1.807) is 0 Å². The molecule has 0 bridgehead atoms. The highest BCUT2D eigenvalue weighted by molar-refractivity contribution is 6.33. The number of carbonyl (C=O) groups excluding carboxylic acids is 1. The first-order chi connectivity index (χ1) is 9.43. The van der Waals surface area contributed by atoms with E-state index in [1.165, 1.54) is 30.2 Å². The Hall–Kier alpha value is -1.79. The number of carboxylic acid groups (broad SMARTS) is 1. The van der Waals surface area contributed by atoms with E-state index in [9.17, 15) is 14.7 Å². The monoisotopic (exact) mass is 298 g/mol. The number of nitrogens with zero attached hydrogens (tertiary/aromatic N) is 1. The molecule has 1 saturated heterocycles. The second-order valence-corrected chi connectivity index (χ2v) is 5.05. The van der Waals surface area contributed by atoms with Crippen molar-refractivity contribution in [1.29, 1.82) is 0 Å². The lowest BCUT2D eigenvalue weighted by Gasteiger charge is -2.21. The summed E-state index contributed by atoms with van der Waals surface area (Å²) in [5.41, 5.74) is 6.26. The Balaban J connectivity index is 2.26. The minimum Gasteiger partial charge on any atom is -0.480 e. The van der Waals surface area contributed by atoms with E-state index < -0.39 is 12.0 Å². The van der Waals surface area contributed by atoms with Gasteiger partial charge in [0, 0.05) is 25.6 Å². The summed E-state index contributed by atoms with van der Waals surface area (Å²) >= 11 is 5.81. The maximum absolute atomic E-state index is 12.4. The quantitative estimate of drug-likeness (QED) is 0.819. The standard InChI is InChI=1S/C13H15ClN2O4/c1-20-8-5-11(13(18)19)16(6-8)12(17)7-2-3-9(14)10(15)4-7/h2-4,8,11H,5-6,15H2,1H3,(H,18,19). The van der Waals surface area contributed by atoms with E-state index in [0.29, 0.717) is 10.6 Å². The number of carbonyl (C=O) groups is 2. The Kier molecular flexibility index (Phi) is 4.15. The summed E-state index contributed by atoms with van der Waals surface area (Å²) < 4.78 is 5.15. The van der Waals surface area contributed by atoms with Crippen LogP contribution >= 0.6 is 11.6 Å². The second-order valence-electron chi connectivity index (χ2n) is 4.64. The van der Waals surface area contributed by atoms with Gasteiger partial charge >= 0.3 is 5.97 Å². The van der Waals surface area contributed by atoms with Crippen LogP contribution in [0, 0.1) is 0 Å². The van der Waals surface area contributed by atoms with Crippen molar-refractivity contribution in [2.24, 2.45) is 0 Å². The average Bonchev–Trinajstić information content (AvgIpc) is 2.85. The second kappa shape index (κ2) is 5.68. The minimum atomic E-state index is -1.04. The van der Waals surface area contributed by atoms with E-state index in [2.05, 4.69) is 0 Å². The Morgan fingerprint density at radius 1 is 1.50 bits per heavy atom. The molecule has 3 N–H and O–H groups in total. The highest BCUT2D eigenvalue weighted by Crippen LogP contribution is 2.25. The Bertz CT molecular complexity index is 549. The summed E-state index contributed by atoms with van der Waals surface area (Å²) in [6.45, 7) is 0.245. The molecule has 20 heavy (non-hydrogen) atoms. The van der Waals surface area contributed by atoms with Crippen LogP contribution in [0.25, 0.3) is 0 Å². The zero-order valence-corrected chi connectivity index (χ0v) is 11.6. The number of hydrogen-bond donors (Lipinski definition) is 2. The summed E-state index contributed by atoms with van der Waals surface area (Å²) in [7, 11) is 1.50. The minimum absolute atomic E-state index is 0.245. The van der Waals surface area contributed by atoms with Crippen molar-refractivity contribution in [3.8, 4) is 0 Å². The van der Waals surface area contributed by atoms with Crippen molar-refractivity contribution in [1.82, 2.24) is 4.90 Å². The molecule has 2 rings (SSSR count). The van der Waals surface area contributed by atoms with Gasteiger partial charge in [-0.15, -0.1) is 0 Å². The first-order valence-electron chi connectivity index (χ1n) is 6.05. The Labute approximate surface area is 121 Å². The number of likely N-dealkylation sites (tertiary alicyclic amines) is 1. The van der Waals surface area contributed by atoms with Crippen molar-refractivity contribution >= 4 is 29.2 Å². The fourth-order valence-electron chi connectivity index (χ4n) is 2.27. The maximum Gasteiger partial charge on any atom is 0.326 e. The molecule has 0 spiro atoms. The predicted octanol–water partition coefficient (Wildman–Crippen LogP) is 1.24. The zero-order valence-electron chi connectivity index (χ0n) is 10.9. The zero-order chi connectivity index (χ0) is 14.9. The number of anilines is 1. The van der Waals surface area contributed by atoms with Gasteiger partial charge in [-0.1, -0.05) is 11.6 Å². The van der Waals surface area contributed by atoms with Crippen LogP contribution in [0.2, 0.25) is 5.02 Å². The van der Waals surface area contributed by atoms with Gasteiger partial charge in [-0.25, -0.2) is 4.79 Å². The average molecular weight is 299 g/mol. The molecule has 6 nitrogen and oxygen atoms in total. The van der Waals surface area contributed by atoms with Crippen LogP contribution in [0.5, 0.6) is 0 Å². The van der Waals surface area contributed by atoms with Crippen molar-refractivity contribution < 1.29 is 19.4 Å². The number of rotatable bonds is 3. The fraction of sp³-hybridized carbons (Fsp3) is 0.385. The third-order valence-corrected chi connectivity index (χ3v) is 3.73. The maximum atomic E-state index is 12.4. The summed E-state index contributed by atoms with van der Waals surface area (Å²) in [6, 6.07) is 3.61. The van der Waals surface area contributed by atoms with E-state index in [1.807, 2.05) is 0 Å². The number of ether oxygens (including phenoxy) is 1. The molecule has 1 heterocycles. The van der Waals surface area contributed by atoms with Crippen LogP contribution in [0.15, 0.2) is 18.2 Å². The molecule has 1 fully saturated rings. The van der Waals surface area contributed by atoms with Crippen LogP contribution in [-0.4, -0.2) is 47.7 Å². The number of nitrogens with two attached hydrogens (primary N) is 1. The van der Waals surface area contributed by atoms with Crippen LogP contribution in [0.3, 0.4) is 0 Å². The van der Waals surface area contributed by atoms with Gasteiger partial charge in [0.1, 0.15) is 6.04 Å². The highest BCUT2D eigenvalue weighted by atomic mass is 35.5. The topological polar surface area (TPSA) is 92.9 Å². The summed E-state index contributed by atoms with van der Waals surface area (Å²) in [5.74, 6) is -1.43. The van der Waals surface area contributed by atoms with E-state index >= 15 is 0 Å². The summed E-state index contributed by atoms with van der Waals surface area (Å²) in [6.07, 6.45) is 0.00499. The van der Waals surface area contributed by atoms with Gasteiger partial charge in [0.2, 0.25) is 0 Å². The normalized spacial score (nSPS) is 22.0. The molecular weight excluding hydrogens is 284 g/mol. The number of amides is 1. The number of halogens is 1. The predicted molar refractivity (Wildman–Crippen MR) is 73.7 cm³/mol. The molecule has 1 aromatic rings. The van der Waals surface area contributed by atoms with Gasteiger partial charge in [-0.2, -0.15) is 0 Å². The molecule has 7 heteroatoms. The van der Waals surface area contributed by atoms with E-state index in [4.69, 9.17) is 22.1 Å². The van der Waals surface area contributed by atoms with E-state index in [-0.39, 0.29) is 30.7 Å². The van der Waals surface area contributed by atoms with Crippen LogP contribution in [0.4, 0.5) is 5.69 Å². The van der Waals surface area contributed by atoms with Gasteiger partial charge < -0.3 is 20.5 Å². The molecule has 1 aliphatic heterocycles. The van der Waals surface area contributed by atoms with Crippen LogP contribution in [-0.2, 0) is 9.53 Å². The largest absolute Gasteiger partial charge is 0.480 e. The molecule has 1 aliphatic rings. The van der Waals surface area contributed by atoms with Gasteiger partial charge in [0.25, 0.3) is 5.91 Å².